The molecule has 144 valence electrons. The summed E-state index contributed by atoms with van der Waals surface area (Å²) in [6, 6.07) is 13.4. The molecule has 0 radical (unpaired) electrons. The molecule has 2 amide bonds. The van der Waals surface area contributed by atoms with Crippen LogP contribution in [0.2, 0.25) is 0 Å². The van der Waals surface area contributed by atoms with Gasteiger partial charge in [0.1, 0.15) is 0 Å². The van der Waals surface area contributed by atoms with E-state index in [0.717, 1.165) is 0 Å². The van der Waals surface area contributed by atoms with Crippen LogP contribution in [0.5, 0.6) is 0 Å². The number of para-hydroxylation sites is 1. The maximum atomic E-state index is 12.8. The van der Waals surface area contributed by atoms with Gasteiger partial charge >= 0.3 is 12.0 Å². The van der Waals surface area contributed by atoms with Crippen molar-refractivity contribution in [1.82, 2.24) is 5.32 Å². The number of allylic oxidation sites excluding steroid dienone is 1. The summed E-state index contributed by atoms with van der Waals surface area (Å²) < 4.78 is 5.19. The molecule has 0 saturated heterocycles. The van der Waals surface area contributed by atoms with Crippen LogP contribution in [0.25, 0.3) is 0 Å². The summed E-state index contributed by atoms with van der Waals surface area (Å²) in [4.78, 5) is 37.5. The van der Waals surface area contributed by atoms with E-state index in [-0.39, 0.29) is 17.9 Å². The van der Waals surface area contributed by atoms with Gasteiger partial charge in [-0.3, -0.25) is 15.0 Å². The van der Waals surface area contributed by atoms with E-state index in [4.69, 9.17) is 4.74 Å². The Labute approximate surface area is 161 Å². The molecule has 0 fully saturated rings. The Balaban J connectivity index is 2.14. The first kappa shape index (κ1) is 19.1. The van der Waals surface area contributed by atoms with Crippen LogP contribution in [-0.4, -0.2) is 23.5 Å². The second kappa shape index (κ2) is 7.91. The maximum Gasteiger partial charge on any atom is 0.338 e. The molecule has 1 heterocycles. The topological polar surface area (TPSA) is 102 Å². The zero-order valence-corrected chi connectivity index (χ0v) is 15.4. The Kier molecular flexibility index (Phi) is 5.39. The van der Waals surface area contributed by atoms with Crippen LogP contribution in [0.1, 0.15) is 25.5 Å². The number of benzene rings is 2. The Bertz CT molecular complexity index is 955. The van der Waals surface area contributed by atoms with E-state index in [0.29, 0.717) is 16.9 Å². The molecule has 0 aliphatic carbocycles. The highest BCUT2D eigenvalue weighted by Crippen LogP contribution is 2.34. The van der Waals surface area contributed by atoms with Crippen LogP contribution in [0.4, 0.5) is 16.2 Å². The molecule has 0 spiro atoms. The van der Waals surface area contributed by atoms with Crippen LogP contribution in [-0.2, 0) is 9.53 Å². The van der Waals surface area contributed by atoms with E-state index in [1.54, 1.807) is 44.2 Å². The van der Waals surface area contributed by atoms with Crippen LogP contribution in [0.3, 0.4) is 0 Å². The van der Waals surface area contributed by atoms with Crippen LogP contribution in [0, 0.1) is 10.1 Å². The highest BCUT2D eigenvalue weighted by atomic mass is 16.6. The quantitative estimate of drug-likeness (QED) is 0.483. The largest absolute Gasteiger partial charge is 0.463 e. The molecular weight excluding hydrogens is 362 g/mol. The number of ether oxygens (including phenoxy) is 1. The van der Waals surface area contributed by atoms with E-state index in [9.17, 15) is 19.7 Å². The van der Waals surface area contributed by atoms with Crippen molar-refractivity contribution >= 4 is 23.4 Å². The van der Waals surface area contributed by atoms with E-state index >= 15 is 0 Å². The number of nitro benzene ring substituents is 1. The van der Waals surface area contributed by atoms with Gasteiger partial charge in [-0.15, -0.1) is 0 Å². The standard InChI is InChI=1S/C20H19N3O5/c1-3-28-19(24)17-13(2)22(15-9-5-4-6-10-15)20(25)21-18(17)14-8-7-11-16(12-14)23(26)27/h4-12,18H,3H2,1-2H3,(H,21,25)/t18-/m1/s1. The number of esters is 1. The summed E-state index contributed by atoms with van der Waals surface area (Å²) in [7, 11) is 0. The number of carbonyl (C=O) groups excluding carboxylic acids is 2. The van der Waals surface area contributed by atoms with E-state index in [1.165, 1.54) is 23.1 Å². The SMILES string of the molecule is CCOC(=O)C1=C(C)N(c2ccccc2)C(=O)N[C@@H]1c1cccc([N+](=O)[O-])c1. The van der Waals surface area contributed by atoms with Gasteiger partial charge < -0.3 is 10.1 Å². The van der Waals surface area contributed by atoms with Crippen molar-refractivity contribution in [2.75, 3.05) is 11.5 Å². The summed E-state index contributed by atoms with van der Waals surface area (Å²) in [5.74, 6) is -0.586. The number of non-ortho nitro benzene ring substituents is 1. The third-order valence-electron chi connectivity index (χ3n) is 4.41. The van der Waals surface area contributed by atoms with Gasteiger partial charge in [-0.2, -0.15) is 0 Å². The Morgan fingerprint density at radius 3 is 2.57 bits per heavy atom. The molecule has 1 N–H and O–H groups in total. The predicted molar refractivity (Wildman–Crippen MR) is 103 cm³/mol. The number of nitrogens with one attached hydrogen (secondary N) is 1. The number of rotatable bonds is 5. The van der Waals surface area contributed by atoms with Crippen LogP contribution in [0.15, 0.2) is 65.9 Å². The van der Waals surface area contributed by atoms with Gasteiger partial charge in [0.05, 0.1) is 28.8 Å². The summed E-state index contributed by atoms with van der Waals surface area (Å²) in [5.41, 5.74) is 1.53. The molecule has 1 atom stereocenters. The summed E-state index contributed by atoms with van der Waals surface area (Å²) in [6.07, 6.45) is 0. The molecule has 8 heteroatoms. The minimum Gasteiger partial charge on any atom is -0.463 e. The van der Waals surface area contributed by atoms with E-state index in [1.807, 2.05) is 6.07 Å². The zero-order chi connectivity index (χ0) is 20.3. The molecular formula is C20H19N3O5. The van der Waals surface area contributed by atoms with Gasteiger partial charge in [0, 0.05) is 17.8 Å². The number of nitro groups is 1. The van der Waals surface area contributed by atoms with Gasteiger partial charge in [-0.25, -0.2) is 9.59 Å². The second-order valence-electron chi connectivity index (χ2n) is 6.13. The van der Waals surface area contributed by atoms with Crippen molar-refractivity contribution in [3.63, 3.8) is 0 Å². The molecule has 28 heavy (non-hydrogen) atoms. The van der Waals surface area contributed by atoms with E-state index < -0.39 is 23.0 Å². The van der Waals surface area contributed by atoms with Crippen LogP contribution < -0.4 is 10.2 Å². The van der Waals surface area contributed by atoms with E-state index in [2.05, 4.69) is 5.32 Å². The molecule has 0 aromatic heterocycles. The van der Waals surface area contributed by atoms with Crippen LogP contribution >= 0.6 is 0 Å². The maximum absolute atomic E-state index is 12.8. The molecule has 0 unspecified atom stereocenters. The van der Waals surface area contributed by atoms with Gasteiger partial charge in [0.25, 0.3) is 5.69 Å². The number of nitrogens with zero attached hydrogens (tertiary/aromatic N) is 2. The number of anilines is 1. The number of hydrogen-bond donors (Lipinski definition) is 1. The lowest BCUT2D eigenvalue weighted by atomic mass is 9.94. The molecule has 2 aromatic rings. The number of hydrogen-bond acceptors (Lipinski definition) is 5. The van der Waals surface area contributed by atoms with Crippen molar-refractivity contribution in [3.8, 4) is 0 Å². The molecule has 1 aliphatic heterocycles. The molecule has 3 rings (SSSR count). The van der Waals surface area contributed by atoms with Gasteiger partial charge in [-0.1, -0.05) is 30.3 Å². The average molecular weight is 381 g/mol. The first-order valence-corrected chi connectivity index (χ1v) is 8.72. The lowest BCUT2D eigenvalue weighted by molar-refractivity contribution is -0.384. The van der Waals surface area contributed by atoms with Gasteiger partial charge in [0.15, 0.2) is 0 Å². The first-order chi connectivity index (χ1) is 13.4. The van der Waals surface area contributed by atoms with Gasteiger partial charge in [-0.05, 0) is 31.5 Å². The number of carbonyl (C=O) groups is 2. The predicted octanol–water partition coefficient (Wildman–Crippen LogP) is 3.70. The average Bonchev–Trinajstić information content (AvgIpc) is 2.68. The third kappa shape index (κ3) is 3.57. The minimum atomic E-state index is -0.855. The number of urea groups is 1. The molecule has 0 saturated carbocycles. The molecule has 1 aliphatic rings. The molecule has 0 bridgehead atoms. The third-order valence-corrected chi connectivity index (χ3v) is 4.41. The van der Waals surface area contributed by atoms with Crippen molar-refractivity contribution in [3.05, 3.63) is 81.5 Å². The lowest BCUT2D eigenvalue weighted by Crippen LogP contribution is -2.48. The smallest absolute Gasteiger partial charge is 0.338 e. The fourth-order valence-electron chi connectivity index (χ4n) is 3.17. The Morgan fingerprint density at radius 1 is 1.21 bits per heavy atom. The molecule has 8 nitrogen and oxygen atoms in total. The second-order valence-corrected chi connectivity index (χ2v) is 6.13. The van der Waals surface area contributed by atoms with Crippen molar-refractivity contribution < 1.29 is 19.2 Å². The number of amides is 2. The monoisotopic (exact) mass is 381 g/mol. The summed E-state index contributed by atoms with van der Waals surface area (Å²) in [5, 5.41) is 13.9. The summed E-state index contributed by atoms with van der Waals surface area (Å²) >= 11 is 0. The zero-order valence-electron chi connectivity index (χ0n) is 15.4. The Hall–Kier alpha value is -3.68. The minimum absolute atomic E-state index is 0.127. The van der Waals surface area contributed by atoms with Crippen molar-refractivity contribution in [1.29, 1.82) is 0 Å². The fraction of sp³-hybridized carbons (Fsp3) is 0.200. The normalized spacial score (nSPS) is 16.6. The lowest BCUT2D eigenvalue weighted by Gasteiger charge is -2.35. The highest BCUT2D eigenvalue weighted by molar-refractivity contribution is 6.03. The fourth-order valence-corrected chi connectivity index (χ4v) is 3.17. The molecule has 2 aromatic carbocycles. The summed E-state index contributed by atoms with van der Waals surface area (Å²) in [6.45, 7) is 3.51. The van der Waals surface area contributed by atoms with Gasteiger partial charge in [0.2, 0.25) is 0 Å². The first-order valence-electron chi connectivity index (χ1n) is 8.72. The van der Waals surface area contributed by atoms with Crippen molar-refractivity contribution in [2.24, 2.45) is 0 Å². The Morgan fingerprint density at radius 2 is 1.93 bits per heavy atom. The van der Waals surface area contributed by atoms with Crippen molar-refractivity contribution in [2.45, 2.75) is 19.9 Å². The highest BCUT2D eigenvalue weighted by Gasteiger charge is 2.37.